The average molecular weight is 688 g/mol. The number of hydrogen-bond acceptors (Lipinski definition) is 3. The van der Waals surface area contributed by atoms with E-state index in [-0.39, 0.29) is 0 Å². The summed E-state index contributed by atoms with van der Waals surface area (Å²) < 4.78 is 0. The van der Waals surface area contributed by atoms with Gasteiger partial charge in [-0.1, -0.05) is 170 Å². The maximum Gasteiger partial charge on any atom is 0.160 e. The van der Waals surface area contributed by atoms with E-state index in [2.05, 4.69) is 169 Å². The van der Waals surface area contributed by atoms with Crippen LogP contribution >= 0.6 is 0 Å². The zero-order valence-corrected chi connectivity index (χ0v) is 29.4. The van der Waals surface area contributed by atoms with E-state index >= 15 is 0 Å². The molecule has 3 heteroatoms. The Hall–Kier alpha value is -7.23. The molecule has 54 heavy (non-hydrogen) atoms. The van der Waals surface area contributed by atoms with E-state index in [1.807, 2.05) is 30.5 Å². The summed E-state index contributed by atoms with van der Waals surface area (Å²) in [5, 5.41) is 7.67. The van der Waals surface area contributed by atoms with E-state index in [9.17, 15) is 0 Å². The number of nitrogens with zero attached hydrogens (tertiary/aromatic N) is 3. The average Bonchev–Trinajstić information content (AvgIpc) is 3.26. The molecule has 8 aromatic carbocycles. The van der Waals surface area contributed by atoms with Crippen molar-refractivity contribution in [2.24, 2.45) is 0 Å². The van der Waals surface area contributed by atoms with E-state index in [1.54, 1.807) is 6.20 Å². The second-order valence-corrected chi connectivity index (χ2v) is 13.6. The number of pyridine rings is 1. The van der Waals surface area contributed by atoms with Crippen LogP contribution in [0.25, 0.3) is 99.6 Å². The third kappa shape index (κ3) is 5.69. The van der Waals surface area contributed by atoms with Crippen molar-refractivity contribution in [1.82, 2.24) is 15.0 Å². The lowest BCUT2D eigenvalue weighted by molar-refractivity contribution is 1.18. The van der Waals surface area contributed by atoms with Gasteiger partial charge in [0.15, 0.2) is 5.82 Å². The largest absolute Gasteiger partial charge is 0.264 e. The van der Waals surface area contributed by atoms with Gasteiger partial charge in [-0.3, -0.25) is 4.98 Å². The van der Waals surface area contributed by atoms with Gasteiger partial charge in [0.2, 0.25) is 0 Å². The second-order valence-electron chi connectivity index (χ2n) is 13.6. The fourth-order valence-corrected chi connectivity index (χ4v) is 7.72. The minimum atomic E-state index is 0.693. The Bertz CT molecular complexity index is 2950. The molecule has 2 heterocycles. The summed E-state index contributed by atoms with van der Waals surface area (Å²) in [7, 11) is 0. The molecule has 0 N–H and O–H groups in total. The second kappa shape index (κ2) is 13.4. The van der Waals surface area contributed by atoms with E-state index < -0.39 is 0 Å². The molecule has 10 aromatic rings. The Balaban J connectivity index is 1.01. The third-order valence-corrected chi connectivity index (χ3v) is 10.4. The topological polar surface area (TPSA) is 38.7 Å². The third-order valence-electron chi connectivity index (χ3n) is 10.4. The summed E-state index contributed by atoms with van der Waals surface area (Å²) in [5.74, 6) is 0.693. The van der Waals surface area contributed by atoms with Crippen LogP contribution in [0.2, 0.25) is 0 Å². The van der Waals surface area contributed by atoms with Crippen LogP contribution in [0.5, 0.6) is 0 Å². The molecular formula is C51H33N3. The van der Waals surface area contributed by atoms with Crippen LogP contribution < -0.4 is 0 Å². The quantitative estimate of drug-likeness (QED) is 0.163. The number of rotatable bonds is 6. The Morgan fingerprint density at radius 1 is 0.315 bits per heavy atom. The van der Waals surface area contributed by atoms with Gasteiger partial charge < -0.3 is 0 Å². The molecule has 0 aliphatic heterocycles. The summed E-state index contributed by atoms with van der Waals surface area (Å²) in [6.07, 6.45) is 3.70. The molecule has 0 saturated carbocycles. The maximum absolute atomic E-state index is 5.10. The molecule has 0 bridgehead atoms. The van der Waals surface area contributed by atoms with Crippen molar-refractivity contribution in [3.05, 3.63) is 200 Å². The number of benzene rings is 8. The van der Waals surface area contributed by atoms with Crippen LogP contribution in [-0.4, -0.2) is 15.0 Å². The summed E-state index contributed by atoms with van der Waals surface area (Å²) in [5.41, 5.74) is 11.7. The van der Waals surface area contributed by atoms with Crippen molar-refractivity contribution in [3.63, 3.8) is 0 Å². The van der Waals surface area contributed by atoms with Crippen LogP contribution in [-0.2, 0) is 0 Å². The lowest BCUT2D eigenvalue weighted by Gasteiger charge is -2.14. The van der Waals surface area contributed by atoms with Gasteiger partial charge in [0, 0.05) is 34.6 Å². The predicted molar refractivity (Wildman–Crippen MR) is 225 cm³/mol. The highest BCUT2D eigenvalue weighted by Crippen LogP contribution is 2.39. The van der Waals surface area contributed by atoms with Gasteiger partial charge in [-0.05, 0) is 78.3 Å². The first-order valence-electron chi connectivity index (χ1n) is 18.3. The Kier molecular flexibility index (Phi) is 7.81. The molecular weight excluding hydrogens is 655 g/mol. The van der Waals surface area contributed by atoms with Gasteiger partial charge in [-0.2, -0.15) is 0 Å². The molecule has 3 nitrogen and oxygen atoms in total. The molecule has 0 aliphatic rings. The summed E-state index contributed by atoms with van der Waals surface area (Å²) >= 11 is 0. The lowest BCUT2D eigenvalue weighted by Crippen LogP contribution is -1.97. The van der Waals surface area contributed by atoms with Crippen molar-refractivity contribution in [2.75, 3.05) is 0 Å². The van der Waals surface area contributed by atoms with Crippen molar-refractivity contribution in [1.29, 1.82) is 0 Å². The first kappa shape index (κ1) is 31.5. The molecule has 0 radical (unpaired) electrons. The van der Waals surface area contributed by atoms with Crippen LogP contribution in [0.1, 0.15) is 0 Å². The Morgan fingerprint density at radius 3 is 1.67 bits per heavy atom. The molecule has 0 spiro atoms. The fraction of sp³-hybridized carbons (Fsp3) is 0. The molecule has 0 saturated heterocycles. The molecule has 0 amide bonds. The summed E-state index contributed by atoms with van der Waals surface area (Å²) in [6, 6.07) is 66.7. The van der Waals surface area contributed by atoms with Gasteiger partial charge in [-0.15, -0.1) is 0 Å². The summed E-state index contributed by atoms with van der Waals surface area (Å²) in [4.78, 5) is 14.6. The summed E-state index contributed by atoms with van der Waals surface area (Å²) in [6.45, 7) is 0. The standard InChI is InChI=1S/C51H33N3/c1-2-12-39(13-3-1)51-53-48(32-49(54-51)45-18-8-6-15-42(45)41-14-10-30-52-33-41)38-27-22-35(23-28-38)34-20-24-37(25-21-34)47-31-40-29-26-36-11-4-5-16-43(36)50(40)46-19-9-7-17-44(46)47/h1-33H. The molecule has 252 valence electrons. The smallest absolute Gasteiger partial charge is 0.160 e. The highest BCUT2D eigenvalue weighted by atomic mass is 14.9. The highest BCUT2D eigenvalue weighted by molar-refractivity contribution is 6.23. The molecule has 0 atom stereocenters. The molecule has 0 fully saturated rings. The van der Waals surface area contributed by atoms with Gasteiger partial charge in [-0.25, -0.2) is 9.97 Å². The fourth-order valence-electron chi connectivity index (χ4n) is 7.72. The van der Waals surface area contributed by atoms with Gasteiger partial charge >= 0.3 is 0 Å². The van der Waals surface area contributed by atoms with E-state index in [4.69, 9.17) is 9.97 Å². The van der Waals surface area contributed by atoms with Crippen molar-refractivity contribution in [2.45, 2.75) is 0 Å². The van der Waals surface area contributed by atoms with Gasteiger partial charge in [0.05, 0.1) is 11.4 Å². The van der Waals surface area contributed by atoms with Crippen LogP contribution in [0.15, 0.2) is 200 Å². The van der Waals surface area contributed by atoms with E-state index in [0.717, 1.165) is 44.8 Å². The maximum atomic E-state index is 5.10. The van der Waals surface area contributed by atoms with Crippen molar-refractivity contribution < 1.29 is 0 Å². The zero-order valence-electron chi connectivity index (χ0n) is 29.4. The molecule has 0 aliphatic carbocycles. The van der Waals surface area contributed by atoms with Crippen molar-refractivity contribution in [3.8, 4) is 67.3 Å². The lowest BCUT2D eigenvalue weighted by atomic mass is 9.90. The number of fused-ring (bicyclic) bond motifs is 5. The number of aromatic nitrogens is 3. The minimum absolute atomic E-state index is 0.693. The minimum Gasteiger partial charge on any atom is -0.264 e. The molecule has 10 rings (SSSR count). The Morgan fingerprint density at radius 2 is 0.907 bits per heavy atom. The van der Waals surface area contributed by atoms with Crippen molar-refractivity contribution >= 4 is 32.3 Å². The molecule has 2 aromatic heterocycles. The van der Waals surface area contributed by atoms with E-state index in [1.165, 1.54) is 49.0 Å². The van der Waals surface area contributed by atoms with Crippen LogP contribution in [0.3, 0.4) is 0 Å². The van der Waals surface area contributed by atoms with Gasteiger partial charge in [0.1, 0.15) is 0 Å². The van der Waals surface area contributed by atoms with Crippen LogP contribution in [0, 0.1) is 0 Å². The van der Waals surface area contributed by atoms with Crippen LogP contribution in [0.4, 0.5) is 0 Å². The monoisotopic (exact) mass is 687 g/mol. The van der Waals surface area contributed by atoms with E-state index in [0.29, 0.717) is 5.82 Å². The van der Waals surface area contributed by atoms with Gasteiger partial charge in [0.25, 0.3) is 0 Å². The first-order chi connectivity index (χ1) is 26.8. The zero-order chi connectivity index (χ0) is 35.8. The normalized spacial score (nSPS) is 11.3. The predicted octanol–water partition coefficient (Wildman–Crippen LogP) is 13.3. The first-order valence-corrected chi connectivity index (χ1v) is 18.3. The SMILES string of the molecule is c1ccc(-c2nc(-c3ccc(-c4ccc(-c5cc6ccc7ccccc7c6c6ccccc56)cc4)cc3)cc(-c3ccccc3-c3cccnc3)n2)cc1. The number of hydrogen-bond donors (Lipinski definition) is 0. The Labute approximate surface area is 313 Å². The molecule has 0 unspecified atom stereocenters. The highest BCUT2D eigenvalue weighted by Gasteiger charge is 2.15.